The van der Waals surface area contributed by atoms with E-state index in [1.807, 2.05) is 0 Å². The number of ether oxygens (including phenoxy) is 1. The van der Waals surface area contributed by atoms with Crippen LogP contribution in [0.5, 0.6) is 0 Å². The number of halogens is 1. The lowest BCUT2D eigenvalue weighted by Gasteiger charge is -2.35. The molecule has 1 aromatic rings. The molecule has 2 heterocycles. The van der Waals surface area contributed by atoms with E-state index in [2.05, 4.69) is 9.97 Å². The third-order valence-corrected chi connectivity index (χ3v) is 4.66. The van der Waals surface area contributed by atoms with E-state index in [4.69, 9.17) is 9.88 Å². The summed E-state index contributed by atoms with van der Waals surface area (Å²) in [6.07, 6.45) is 2.03. The van der Waals surface area contributed by atoms with Gasteiger partial charge in [-0.05, 0) is 13.3 Å². The highest BCUT2D eigenvalue weighted by Crippen LogP contribution is 2.24. The number of carbonyl (C=O) groups is 1. The summed E-state index contributed by atoms with van der Waals surface area (Å²) >= 11 is 0. The summed E-state index contributed by atoms with van der Waals surface area (Å²) in [5.41, 5.74) is 0. The number of rotatable bonds is 4. The van der Waals surface area contributed by atoms with E-state index in [0.29, 0.717) is 0 Å². The van der Waals surface area contributed by atoms with Crippen molar-refractivity contribution in [2.45, 2.75) is 18.6 Å². The Morgan fingerprint density at radius 1 is 1.45 bits per heavy atom. The maximum Gasteiger partial charge on any atom is 0.310 e. The zero-order valence-electron chi connectivity index (χ0n) is 12.0. The second kappa shape index (κ2) is 6.53. The van der Waals surface area contributed by atoms with Crippen LogP contribution in [0.3, 0.4) is 0 Å². The smallest absolute Gasteiger partial charge is 0.310 e. The van der Waals surface area contributed by atoms with Crippen molar-refractivity contribution in [1.29, 1.82) is 0 Å². The fourth-order valence-electron chi connectivity index (χ4n) is 2.35. The van der Waals surface area contributed by atoms with E-state index < -0.39 is 33.0 Å². The summed E-state index contributed by atoms with van der Waals surface area (Å²) in [6, 6.07) is 0. The van der Waals surface area contributed by atoms with Gasteiger partial charge in [-0.15, -0.1) is 0 Å². The number of carbonyl (C=O) groups excluding carboxylic acids is 1. The van der Waals surface area contributed by atoms with E-state index in [-0.39, 0.29) is 32.1 Å². The fourth-order valence-corrected chi connectivity index (χ4v) is 3.24. The van der Waals surface area contributed by atoms with Gasteiger partial charge in [-0.25, -0.2) is 27.9 Å². The van der Waals surface area contributed by atoms with Crippen LogP contribution in [0.2, 0.25) is 0 Å². The molecule has 1 aliphatic heterocycles. The Morgan fingerprint density at radius 2 is 2.09 bits per heavy atom. The SMILES string of the molecule is CCOC(=O)[C@H]1C[C@H](S(N)(=O)=O)CN(c2ncc(F)cn2)C1. The molecule has 0 amide bonds. The molecule has 1 aromatic heterocycles. The molecule has 0 spiro atoms. The Kier molecular flexibility index (Phi) is 4.91. The molecule has 1 saturated heterocycles. The predicted octanol–water partition coefficient (Wildman–Crippen LogP) is -0.338. The van der Waals surface area contributed by atoms with Crippen LogP contribution >= 0.6 is 0 Å². The number of aromatic nitrogens is 2. The monoisotopic (exact) mass is 332 g/mol. The number of piperidine rings is 1. The van der Waals surface area contributed by atoms with Crippen molar-refractivity contribution >= 4 is 21.9 Å². The fraction of sp³-hybridized carbons (Fsp3) is 0.583. The molecule has 0 aliphatic carbocycles. The van der Waals surface area contributed by atoms with Gasteiger partial charge in [0.2, 0.25) is 16.0 Å². The molecule has 0 bridgehead atoms. The molecule has 22 heavy (non-hydrogen) atoms. The van der Waals surface area contributed by atoms with Gasteiger partial charge < -0.3 is 9.64 Å². The van der Waals surface area contributed by atoms with Crippen molar-refractivity contribution in [1.82, 2.24) is 9.97 Å². The Labute approximate surface area is 127 Å². The number of esters is 1. The zero-order valence-corrected chi connectivity index (χ0v) is 12.8. The molecule has 1 aliphatic rings. The van der Waals surface area contributed by atoms with Gasteiger partial charge in [0.15, 0.2) is 5.82 Å². The first-order valence-electron chi connectivity index (χ1n) is 6.72. The second-order valence-corrected chi connectivity index (χ2v) is 6.85. The largest absolute Gasteiger partial charge is 0.466 e. The summed E-state index contributed by atoms with van der Waals surface area (Å²) in [7, 11) is -3.84. The minimum absolute atomic E-state index is 0.0420. The highest BCUT2D eigenvalue weighted by Gasteiger charge is 2.38. The van der Waals surface area contributed by atoms with Crippen molar-refractivity contribution in [2.24, 2.45) is 11.1 Å². The molecule has 122 valence electrons. The lowest BCUT2D eigenvalue weighted by molar-refractivity contribution is -0.148. The average molecular weight is 332 g/mol. The van der Waals surface area contributed by atoms with Crippen LogP contribution in [0.4, 0.5) is 10.3 Å². The lowest BCUT2D eigenvalue weighted by atomic mass is 9.98. The number of nitrogens with two attached hydrogens (primary N) is 1. The third kappa shape index (κ3) is 3.89. The standard InChI is InChI=1S/C12H17FN4O4S/c1-2-21-11(18)8-3-10(22(14,19)20)7-17(6-8)12-15-4-9(13)5-16-12/h4-5,8,10H,2-3,6-7H2,1H3,(H2,14,19,20)/t8-,10-/m0/s1. The summed E-state index contributed by atoms with van der Waals surface area (Å²) in [4.78, 5) is 21.0. The van der Waals surface area contributed by atoms with Gasteiger partial charge >= 0.3 is 5.97 Å². The number of hydrogen-bond donors (Lipinski definition) is 1. The minimum Gasteiger partial charge on any atom is -0.466 e. The van der Waals surface area contributed by atoms with Gasteiger partial charge in [0.05, 0.1) is 30.2 Å². The Balaban J connectivity index is 2.25. The molecule has 2 atom stereocenters. The maximum absolute atomic E-state index is 12.9. The van der Waals surface area contributed by atoms with Gasteiger partial charge in [0.1, 0.15) is 0 Å². The first-order valence-corrected chi connectivity index (χ1v) is 8.33. The lowest BCUT2D eigenvalue weighted by Crippen LogP contribution is -2.51. The zero-order chi connectivity index (χ0) is 16.3. The van der Waals surface area contributed by atoms with Gasteiger partial charge in [-0.1, -0.05) is 0 Å². The molecular weight excluding hydrogens is 315 g/mol. The van der Waals surface area contributed by atoms with Crippen molar-refractivity contribution in [3.63, 3.8) is 0 Å². The van der Waals surface area contributed by atoms with E-state index in [1.54, 1.807) is 6.92 Å². The van der Waals surface area contributed by atoms with E-state index in [9.17, 15) is 17.6 Å². The van der Waals surface area contributed by atoms with Gasteiger partial charge in [0, 0.05) is 13.1 Å². The van der Waals surface area contributed by atoms with Crippen LogP contribution in [-0.4, -0.2) is 49.3 Å². The highest BCUT2D eigenvalue weighted by molar-refractivity contribution is 7.89. The molecule has 0 saturated carbocycles. The summed E-state index contributed by atoms with van der Waals surface area (Å²) in [6.45, 7) is 2.10. The van der Waals surface area contributed by atoms with Crippen molar-refractivity contribution in [3.05, 3.63) is 18.2 Å². The number of hydrogen-bond acceptors (Lipinski definition) is 7. The van der Waals surface area contributed by atoms with Crippen LogP contribution in [-0.2, 0) is 19.6 Å². The molecule has 10 heteroatoms. The summed E-state index contributed by atoms with van der Waals surface area (Å²) in [5, 5.41) is 4.26. The number of anilines is 1. The van der Waals surface area contributed by atoms with Gasteiger partial charge in [-0.2, -0.15) is 0 Å². The first kappa shape index (κ1) is 16.6. The number of sulfonamides is 1. The molecule has 0 unspecified atom stereocenters. The summed E-state index contributed by atoms with van der Waals surface area (Å²) < 4.78 is 41.1. The third-order valence-electron chi connectivity index (χ3n) is 3.39. The second-order valence-electron chi connectivity index (χ2n) is 5.00. The number of primary sulfonamides is 1. The number of nitrogens with zero attached hydrogens (tertiary/aromatic N) is 3. The molecule has 0 aromatic carbocycles. The van der Waals surface area contributed by atoms with Crippen molar-refractivity contribution in [3.8, 4) is 0 Å². The Morgan fingerprint density at radius 3 is 2.64 bits per heavy atom. The quantitative estimate of drug-likeness (QED) is 0.750. The Bertz CT molecular complexity index is 637. The molecule has 2 N–H and O–H groups in total. The van der Waals surface area contributed by atoms with E-state index >= 15 is 0 Å². The van der Waals surface area contributed by atoms with Crippen molar-refractivity contribution < 1.29 is 22.3 Å². The highest BCUT2D eigenvalue weighted by atomic mass is 32.2. The maximum atomic E-state index is 12.9. The van der Waals surface area contributed by atoms with Crippen LogP contribution in [0.15, 0.2) is 12.4 Å². The van der Waals surface area contributed by atoms with E-state index in [0.717, 1.165) is 12.4 Å². The molecule has 2 rings (SSSR count). The molecule has 8 nitrogen and oxygen atoms in total. The van der Waals surface area contributed by atoms with Crippen LogP contribution < -0.4 is 10.0 Å². The molecular formula is C12H17FN4O4S. The first-order chi connectivity index (χ1) is 10.3. The molecule has 0 radical (unpaired) electrons. The summed E-state index contributed by atoms with van der Waals surface area (Å²) in [5.74, 6) is -1.62. The van der Waals surface area contributed by atoms with Crippen LogP contribution in [0.25, 0.3) is 0 Å². The molecule has 1 fully saturated rings. The van der Waals surface area contributed by atoms with Gasteiger partial charge in [0.25, 0.3) is 0 Å². The van der Waals surface area contributed by atoms with Crippen LogP contribution in [0, 0.1) is 11.7 Å². The van der Waals surface area contributed by atoms with Crippen LogP contribution in [0.1, 0.15) is 13.3 Å². The van der Waals surface area contributed by atoms with Gasteiger partial charge in [-0.3, -0.25) is 4.79 Å². The Hall–Kier alpha value is -1.81. The van der Waals surface area contributed by atoms with Crippen molar-refractivity contribution in [2.75, 3.05) is 24.6 Å². The predicted molar refractivity (Wildman–Crippen MR) is 75.8 cm³/mol. The average Bonchev–Trinajstić information content (AvgIpc) is 2.47. The topological polar surface area (TPSA) is 115 Å². The van der Waals surface area contributed by atoms with E-state index in [1.165, 1.54) is 4.90 Å². The normalized spacial score (nSPS) is 22.4. The minimum atomic E-state index is -3.84.